The lowest BCUT2D eigenvalue weighted by molar-refractivity contribution is 0.0599. The van der Waals surface area contributed by atoms with E-state index in [1.807, 2.05) is 6.07 Å². The summed E-state index contributed by atoms with van der Waals surface area (Å²) in [5.41, 5.74) is 6.97. The molecule has 1 aromatic carbocycles. The second-order valence-electron chi connectivity index (χ2n) is 2.68. The molecular weight excluding hydrogens is 180 g/mol. The van der Waals surface area contributed by atoms with Crippen molar-refractivity contribution in [2.45, 2.75) is 6.54 Å². The van der Waals surface area contributed by atoms with Crippen LogP contribution >= 0.6 is 0 Å². The molecular formula is C10H10N2O2. The lowest BCUT2D eigenvalue weighted by Crippen LogP contribution is -2.09. The molecule has 0 aromatic heterocycles. The van der Waals surface area contributed by atoms with Crippen molar-refractivity contribution >= 4 is 5.97 Å². The number of nitrogens with two attached hydrogens (primary N) is 1. The zero-order valence-electron chi connectivity index (χ0n) is 7.78. The van der Waals surface area contributed by atoms with Gasteiger partial charge in [0, 0.05) is 6.54 Å². The lowest BCUT2D eigenvalue weighted by Gasteiger charge is -2.05. The summed E-state index contributed by atoms with van der Waals surface area (Å²) >= 11 is 0. The van der Waals surface area contributed by atoms with Crippen molar-refractivity contribution in [1.82, 2.24) is 0 Å². The van der Waals surface area contributed by atoms with Gasteiger partial charge >= 0.3 is 5.97 Å². The minimum absolute atomic E-state index is 0.208. The summed E-state index contributed by atoms with van der Waals surface area (Å²) in [5, 5.41) is 8.64. The molecule has 1 aromatic rings. The van der Waals surface area contributed by atoms with Crippen molar-refractivity contribution in [3.8, 4) is 6.07 Å². The van der Waals surface area contributed by atoms with Crippen LogP contribution < -0.4 is 5.73 Å². The van der Waals surface area contributed by atoms with Crippen LogP contribution in [-0.2, 0) is 11.3 Å². The molecule has 0 atom stereocenters. The first-order chi connectivity index (χ1) is 6.72. The van der Waals surface area contributed by atoms with Gasteiger partial charge in [0.2, 0.25) is 0 Å². The van der Waals surface area contributed by atoms with E-state index >= 15 is 0 Å². The third-order valence-corrected chi connectivity index (χ3v) is 1.86. The highest BCUT2D eigenvalue weighted by Crippen LogP contribution is 2.12. The van der Waals surface area contributed by atoms with E-state index in [1.54, 1.807) is 18.2 Å². The number of nitriles is 1. The zero-order valence-corrected chi connectivity index (χ0v) is 7.78. The molecule has 0 bridgehead atoms. The zero-order chi connectivity index (χ0) is 10.6. The van der Waals surface area contributed by atoms with E-state index in [0.717, 1.165) is 0 Å². The van der Waals surface area contributed by atoms with Crippen molar-refractivity contribution in [3.05, 3.63) is 34.9 Å². The number of hydrogen-bond acceptors (Lipinski definition) is 4. The summed E-state index contributed by atoms with van der Waals surface area (Å²) in [6.07, 6.45) is 0. The Morgan fingerprint density at radius 3 is 2.86 bits per heavy atom. The summed E-state index contributed by atoms with van der Waals surface area (Å²) in [5.74, 6) is -0.435. The summed E-state index contributed by atoms with van der Waals surface area (Å²) < 4.78 is 4.57. The van der Waals surface area contributed by atoms with Gasteiger partial charge in [-0.2, -0.15) is 5.26 Å². The van der Waals surface area contributed by atoms with Crippen LogP contribution in [0.25, 0.3) is 0 Å². The standard InChI is InChI=1S/C10H10N2O2/c1-14-10(13)9-3-2-7(5-11)4-8(9)6-12/h2-4H,6,12H2,1H3. The molecule has 0 aliphatic carbocycles. The number of methoxy groups -OCH3 is 1. The molecule has 0 heterocycles. The summed E-state index contributed by atoms with van der Waals surface area (Å²) in [6.45, 7) is 0.208. The normalized spacial score (nSPS) is 9.21. The maximum absolute atomic E-state index is 11.2. The van der Waals surface area contributed by atoms with Crippen LogP contribution in [0.2, 0.25) is 0 Å². The van der Waals surface area contributed by atoms with Crippen LogP contribution in [0.1, 0.15) is 21.5 Å². The largest absolute Gasteiger partial charge is 0.465 e. The van der Waals surface area contributed by atoms with Crippen molar-refractivity contribution in [2.75, 3.05) is 7.11 Å². The van der Waals surface area contributed by atoms with Gasteiger partial charge in [0.25, 0.3) is 0 Å². The molecule has 0 spiro atoms. The lowest BCUT2D eigenvalue weighted by atomic mass is 10.0. The molecule has 0 amide bonds. The van der Waals surface area contributed by atoms with E-state index in [2.05, 4.69) is 4.74 Å². The van der Waals surface area contributed by atoms with E-state index in [1.165, 1.54) is 7.11 Å². The first-order valence-corrected chi connectivity index (χ1v) is 4.04. The predicted molar refractivity (Wildman–Crippen MR) is 50.4 cm³/mol. The van der Waals surface area contributed by atoms with Gasteiger partial charge in [-0.15, -0.1) is 0 Å². The molecule has 0 aliphatic heterocycles. The third kappa shape index (κ3) is 1.90. The molecule has 0 fully saturated rings. The average Bonchev–Trinajstić information content (AvgIpc) is 2.27. The third-order valence-electron chi connectivity index (χ3n) is 1.86. The quantitative estimate of drug-likeness (QED) is 0.700. The summed E-state index contributed by atoms with van der Waals surface area (Å²) in [7, 11) is 1.31. The van der Waals surface area contributed by atoms with Gasteiger partial charge in [-0.3, -0.25) is 0 Å². The van der Waals surface area contributed by atoms with Crippen molar-refractivity contribution in [3.63, 3.8) is 0 Å². The van der Waals surface area contributed by atoms with E-state index < -0.39 is 5.97 Å². The minimum Gasteiger partial charge on any atom is -0.465 e. The monoisotopic (exact) mass is 190 g/mol. The fourth-order valence-corrected chi connectivity index (χ4v) is 1.14. The topological polar surface area (TPSA) is 76.1 Å². The first-order valence-electron chi connectivity index (χ1n) is 4.04. The van der Waals surface area contributed by atoms with E-state index in [0.29, 0.717) is 16.7 Å². The van der Waals surface area contributed by atoms with Gasteiger partial charge in [-0.1, -0.05) is 0 Å². The predicted octanol–water partition coefficient (Wildman–Crippen LogP) is 0.804. The number of hydrogen-bond donors (Lipinski definition) is 1. The highest BCUT2D eigenvalue weighted by Gasteiger charge is 2.10. The van der Waals surface area contributed by atoms with Gasteiger partial charge in [-0.05, 0) is 23.8 Å². The molecule has 4 heteroatoms. The van der Waals surface area contributed by atoms with Gasteiger partial charge in [-0.25, -0.2) is 4.79 Å². The number of carbonyl (C=O) groups excluding carboxylic acids is 1. The molecule has 0 unspecified atom stereocenters. The maximum Gasteiger partial charge on any atom is 0.338 e. The van der Waals surface area contributed by atoms with Crippen LogP contribution in [0, 0.1) is 11.3 Å². The minimum atomic E-state index is -0.435. The fraction of sp³-hybridized carbons (Fsp3) is 0.200. The Kier molecular flexibility index (Phi) is 3.21. The highest BCUT2D eigenvalue weighted by atomic mass is 16.5. The Balaban J connectivity index is 3.19. The highest BCUT2D eigenvalue weighted by molar-refractivity contribution is 5.91. The number of carbonyl (C=O) groups is 1. The molecule has 72 valence electrons. The Morgan fingerprint density at radius 2 is 2.36 bits per heavy atom. The van der Waals surface area contributed by atoms with E-state index in [4.69, 9.17) is 11.0 Å². The molecule has 14 heavy (non-hydrogen) atoms. The van der Waals surface area contributed by atoms with Crippen molar-refractivity contribution in [1.29, 1.82) is 5.26 Å². The van der Waals surface area contributed by atoms with E-state index in [-0.39, 0.29) is 6.54 Å². The second kappa shape index (κ2) is 4.40. The van der Waals surface area contributed by atoms with Crippen molar-refractivity contribution in [2.24, 2.45) is 5.73 Å². The number of benzene rings is 1. The number of rotatable bonds is 2. The Bertz CT molecular complexity index is 394. The van der Waals surface area contributed by atoms with E-state index in [9.17, 15) is 4.79 Å². The smallest absolute Gasteiger partial charge is 0.338 e. The molecule has 1 rings (SSSR count). The number of nitrogens with zero attached hydrogens (tertiary/aromatic N) is 1. The van der Waals surface area contributed by atoms with Gasteiger partial charge in [0.15, 0.2) is 0 Å². The van der Waals surface area contributed by atoms with Crippen LogP contribution in [0.5, 0.6) is 0 Å². The molecule has 4 nitrogen and oxygen atoms in total. The maximum atomic E-state index is 11.2. The number of ether oxygens (including phenoxy) is 1. The molecule has 0 saturated carbocycles. The Hall–Kier alpha value is -1.86. The summed E-state index contributed by atoms with van der Waals surface area (Å²) in [4.78, 5) is 11.2. The van der Waals surface area contributed by atoms with Crippen molar-refractivity contribution < 1.29 is 9.53 Å². The average molecular weight is 190 g/mol. The molecule has 2 N–H and O–H groups in total. The van der Waals surface area contributed by atoms with Gasteiger partial charge < -0.3 is 10.5 Å². The van der Waals surface area contributed by atoms with Gasteiger partial charge in [0.1, 0.15) is 0 Å². The molecule has 0 radical (unpaired) electrons. The summed E-state index contributed by atoms with van der Waals surface area (Å²) in [6, 6.07) is 6.68. The van der Waals surface area contributed by atoms with Crippen LogP contribution in [0.15, 0.2) is 18.2 Å². The Labute approximate surface area is 81.9 Å². The SMILES string of the molecule is COC(=O)c1ccc(C#N)cc1CN. The Morgan fingerprint density at radius 1 is 1.64 bits per heavy atom. The first kappa shape index (κ1) is 10.2. The second-order valence-corrected chi connectivity index (χ2v) is 2.68. The molecule has 0 saturated heterocycles. The van der Waals surface area contributed by atoms with Crippen LogP contribution in [0.3, 0.4) is 0 Å². The van der Waals surface area contributed by atoms with Crippen LogP contribution in [0.4, 0.5) is 0 Å². The van der Waals surface area contributed by atoms with Gasteiger partial charge in [0.05, 0.1) is 24.3 Å². The number of esters is 1. The molecule has 0 aliphatic rings. The van der Waals surface area contributed by atoms with Crippen LogP contribution in [-0.4, -0.2) is 13.1 Å². The fourth-order valence-electron chi connectivity index (χ4n) is 1.14.